The lowest BCUT2D eigenvalue weighted by Crippen LogP contribution is -2.45. The number of likely N-dealkylation sites (N-methyl/N-ethyl adjacent to an activating group) is 1. The van der Waals surface area contributed by atoms with Gasteiger partial charge in [-0.05, 0) is 54.1 Å². The van der Waals surface area contributed by atoms with Crippen LogP contribution in [0.1, 0.15) is 45.2 Å². The first kappa shape index (κ1) is 21.1. The Labute approximate surface area is 186 Å². The monoisotopic (exact) mass is 434 g/mol. The van der Waals surface area contributed by atoms with Crippen LogP contribution in [0.25, 0.3) is 0 Å². The Morgan fingerprint density at radius 2 is 1.87 bits per heavy atom. The quantitative estimate of drug-likeness (QED) is 0.599. The smallest absolute Gasteiger partial charge is 0.254 e. The van der Waals surface area contributed by atoms with Crippen molar-refractivity contribution >= 4 is 23.2 Å². The SMILES string of the molecule is CCOc1ccc(CCNC(=O)[C@@H]2c3ccccc3C(=O)N(C)[C@H]2c2cccs2)cc1. The third-order valence-corrected chi connectivity index (χ3v) is 6.59. The van der Waals surface area contributed by atoms with Gasteiger partial charge in [0.1, 0.15) is 5.75 Å². The minimum absolute atomic E-state index is 0.0487. The second-order valence-corrected chi connectivity index (χ2v) is 8.54. The molecule has 3 aromatic rings. The molecule has 31 heavy (non-hydrogen) atoms. The predicted molar refractivity (Wildman–Crippen MR) is 123 cm³/mol. The zero-order chi connectivity index (χ0) is 21.8. The Kier molecular flexibility index (Phi) is 6.37. The molecule has 0 bridgehead atoms. The second-order valence-electron chi connectivity index (χ2n) is 7.56. The summed E-state index contributed by atoms with van der Waals surface area (Å²) < 4.78 is 5.48. The van der Waals surface area contributed by atoms with Crippen molar-refractivity contribution in [2.75, 3.05) is 20.2 Å². The third kappa shape index (κ3) is 4.35. The van der Waals surface area contributed by atoms with Crippen LogP contribution in [0.3, 0.4) is 0 Å². The average molecular weight is 435 g/mol. The summed E-state index contributed by atoms with van der Waals surface area (Å²) in [6, 6.07) is 19.0. The predicted octanol–water partition coefficient (Wildman–Crippen LogP) is 4.42. The normalized spacial score (nSPS) is 17.9. The fourth-order valence-electron chi connectivity index (χ4n) is 4.13. The first-order chi connectivity index (χ1) is 15.1. The van der Waals surface area contributed by atoms with Crippen LogP contribution in [0.2, 0.25) is 0 Å². The van der Waals surface area contributed by atoms with Crippen LogP contribution in [0.15, 0.2) is 66.0 Å². The second kappa shape index (κ2) is 9.35. The van der Waals surface area contributed by atoms with Crippen molar-refractivity contribution in [2.24, 2.45) is 0 Å². The van der Waals surface area contributed by atoms with Gasteiger partial charge in [-0.1, -0.05) is 36.4 Å². The van der Waals surface area contributed by atoms with Crippen LogP contribution < -0.4 is 10.1 Å². The molecule has 0 fully saturated rings. The van der Waals surface area contributed by atoms with Crippen molar-refractivity contribution in [3.63, 3.8) is 0 Å². The number of nitrogens with zero attached hydrogens (tertiary/aromatic N) is 1. The Hall–Kier alpha value is -3.12. The first-order valence-electron chi connectivity index (χ1n) is 10.5. The molecule has 4 rings (SSSR count). The lowest BCUT2D eigenvalue weighted by Gasteiger charge is -2.39. The van der Waals surface area contributed by atoms with Gasteiger partial charge in [0.2, 0.25) is 5.91 Å². The van der Waals surface area contributed by atoms with Crippen molar-refractivity contribution in [3.05, 3.63) is 87.6 Å². The highest BCUT2D eigenvalue weighted by atomic mass is 32.1. The molecule has 1 aliphatic heterocycles. The molecule has 6 heteroatoms. The molecule has 5 nitrogen and oxygen atoms in total. The highest BCUT2D eigenvalue weighted by molar-refractivity contribution is 7.10. The van der Waals surface area contributed by atoms with E-state index in [1.165, 1.54) is 0 Å². The summed E-state index contributed by atoms with van der Waals surface area (Å²) in [6.45, 7) is 3.13. The zero-order valence-corrected chi connectivity index (χ0v) is 18.5. The number of ether oxygens (including phenoxy) is 1. The number of nitrogens with one attached hydrogen (secondary N) is 1. The molecular weight excluding hydrogens is 408 g/mol. The summed E-state index contributed by atoms with van der Waals surface area (Å²) in [7, 11) is 1.78. The fourth-order valence-corrected chi connectivity index (χ4v) is 5.04. The Bertz CT molecular complexity index is 1050. The standard InChI is InChI=1S/C25H26N2O3S/c1-3-30-18-12-10-17(11-13-18)14-15-26-24(28)22-19-7-4-5-8-20(19)25(29)27(2)23(22)21-9-6-16-31-21/h4-13,16,22-23H,3,14-15H2,1-2H3,(H,26,28)/t22-,23+/m1/s1. The van der Waals surface area contributed by atoms with Crippen LogP contribution in [-0.4, -0.2) is 36.9 Å². The van der Waals surface area contributed by atoms with E-state index in [2.05, 4.69) is 5.32 Å². The van der Waals surface area contributed by atoms with Gasteiger partial charge < -0.3 is 15.0 Å². The van der Waals surface area contributed by atoms with Crippen molar-refractivity contribution in [1.82, 2.24) is 10.2 Å². The number of thiophene rings is 1. The van der Waals surface area contributed by atoms with E-state index in [1.807, 2.05) is 66.9 Å². The number of rotatable bonds is 7. The first-order valence-corrected chi connectivity index (χ1v) is 11.4. The van der Waals surface area contributed by atoms with Crippen LogP contribution in [0, 0.1) is 0 Å². The van der Waals surface area contributed by atoms with Crippen molar-refractivity contribution in [3.8, 4) is 5.75 Å². The summed E-state index contributed by atoms with van der Waals surface area (Å²) in [5.74, 6) is 0.294. The van der Waals surface area contributed by atoms with E-state index in [9.17, 15) is 9.59 Å². The van der Waals surface area contributed by atoms with Gasteiger partial charge in [-0.2, -0.15) is 0 Å². The molecule has 0 spiro atoms. The zero-order valence-electron chi connectivity index (χ0n) is 17.7. The molecule has 0 aliphatic carbocycles. The summed E-state index contributed by atoms with van der Waals surface area (Å²) >= 11 is 1.57. The van der Waals surface area contributed by atoms with Crippen LogP contribution in [0.5, 0.6) is 5.75 Å². The molecule has 2 heterocycles. The van der Waals surface area contributed by atoms with E-state index in [-0.39, 0.29) is 17.9 Å². The summed E-state index contributed by atoms with van der Waals surface area (Å²) in [5, 5.41) is 5.09. The highest BCUT2D eigenvalue weighted by Gasteiger charge is 2.42. The minimum Gasteiger partial charge on any atom is -0.494 e. The maximum Gasteiger partial charge on any atom is 0.254 e. The molecular formula is C25H26N2O3S. The number of fused-ring (bicyclic) bond motifs is 1. The van der Waals surface area contributed by atoms with Gasteiger partial charge in [0, 0.05) is 24.0 Å². The van der Waals surface area contributed by atoms with E-state index >= 15 is 0 Å². The summed E-state index contributed by atoms with van der Waals surface area (Å²) in [5.41, 5.74) is 2.53. The van der Waals surface area contributed by atoms with E-state index in [1.54, 1.807) is 29.4 Å². The largest absolute Gasteiger partial charge is 0.494 e. The molecule has 1 N–H and O–H groups in total. The molecule has 0 unspecified atom stereocenters. The summed E-state index contributed by atoms with van der Waals surface area (Å²) in [6.07, 6.45) is 0.727. The van der Waals surface area contributed by atoms with Crippen molar-refractivity contribution in [2.45, 2.75) is 25.3 Å². The van der Waals surface area contributed by atoms with E-state index < -0.39 is 5.92 Å². The maximum atomic E-state index is 13.4. The molecule has 2 aromatic carbocycles. The molecule has 0 saturated heterocycles. The van der Waals surface area contributed by atoms with Gasteiger partial charge in [-0.15, -0.1) is 11.3 Å². The maximum absolute atomic E-state index is 13.4. The van der Waals surface area contributed by atoms with Gasteiger partial charge in [0.05, 0.1) is 18.6 Å². The number of amides is 2. The molecule has 0 radical (unpaired) electrons. The van der Waals surface area contributed by atoms with Crippen molar-refractivity contribution < 1.29 is 14.3 Å². The Morgan fingerprint density at radius 3 is 2.58 bits per heavy atom. The number of benzene rings is 2. The average Bonchev–Trinajstić information content (AvgIpc) is 3.32. The number of hydrogen-bond donors (Lipinski definition) is 1. The molecule has 1 aromatic heterocycles. The molecule has 2 amide bonds. The van der Waals surface area contributed by atoms with Gasteiger partial charge in [0.25, 0.3) is 5.91 Å². The third-order valence-electron chi connectivity index (χ3n) is 5.64. The molecule has 1 aliphatic rings. The highest BCUT2D eigenvalue weighted by Crippen LogP contribution is 2.43. The van der Waals surface area contributed by atoms with Crippen molar-refractivity contribution in [1.29, 1.82) is 0 Å². The fraction of sp³-hybridized carbons (Fsp3) is 0.280. The van der Waals surface area contributed by atoms with Crippen LogP contribution in [-0.2, 0) is 11.2 Å². The van der Waals surface area contributed by atoms with Crippen LogP contribution in [0.4, 0.5) is 0 Å². The minimum atomic E-state index is -0.446. The number of carbonyl (C=O) groups is 2. The van der Waals surface area contributed by atoms with E-state index in [0.717, 1.165) is 28.2 Å². The van der Waals surface area contributed by atoms with Gasteiger partial charge in [-0.25, -0.2) is 0 Å². The molecule has 2 atom stereocenters. The van der Waals surface area contributed by atoms with E-state index in [4.69, 9.17) is 4.74 Å². The van der Waals surface area contributed by atoms with Gasteiger partial charge >= 0.3 is 0 Å². The molecule has 0 saturated carbocycles. The molecule has 160 valence electrons. The Morgan fingerprint density at radius 1 is 1.10 bits per heavy atom. The topological polar surface area (TPSA) is 58.6 Å². The van der Waals surface area contributed by atoms with Gasteiger partial charge in [-0.3, -0.25) is 9.59 Å². The van der Waals surface area contributed by atoms with Crippen LogP contribution >= 0.6 is 11.3 Å². The summed E-state index contributed by atoms with van der Waals surface area (Å²) in [4.78, 5) is 29.0. The Balaban J connectivity index is 1.53. The number of carbonyl (C=O) groups excluding carboxylic acids is 2. The number of hydrogen-bond acceptors (Lipinski definition) is 4. The van der Waals surface area contributed by atoms with Gasteiger partial charge in [0.15, 0.2) is 0 Å². The lowest BCUT2D eigenvalue weighted by atomic mass is 9.81. The lowest BCUT2D eigenvalue weighted by molar-refractivity contribution is -0.124. The van der Waals surface area contributed by atoms with E-state index in [0.29, 0.717) is 18.7 Å².